The zero-order chi connectivity index (χ0) is 28.8. The summed E-state index contributed by atoms with van der Waals surface area (Å²) in [4.78, 5) is 59.7. The molecule has 4 amide bonds. The number of piperidine rings is 1. The Morgan fingerprint density at radius 3 is 2.12 bits per heavy atom. The molecule has 0 spiro atoms. The number of hydrogen-bond donors (Lipinski definition) is 4. The number of nitrogens with one attached hydrogen (secondary N) is 1. The minimum absolute atomic E-state index is 0. The molecule has 3 atom stereocenters. The first-order valence-corrected chi connectivity index (χ1v) is 13.6. The maximum atomic E-state index is 12.9. The number of aromatic nitrogens is 2. The van der Waals surface area contributed by atoms with E-state index in [1.54, 1.807) is 47.9 Å². The third-order valence-electron chi connectivity index (χ3n) is 8.20. The number of nitrogens with zero attached hydrogens (tertiary/aromatic N) is 5. The average Bonchev–Trinajstić information content (AvgIpc) is 3.41. The molecule has 1 aliphatic carbocycles. The minimum atomic E-state index is -0.967. The molecule has 1 saturated carbocycles. The van der Waals surface area contributed by atoms with Crippen molar-refractivity contribution in [1.82, 2.24) is 24.3 Å². The van der Waals surface area contributed by atoms with Crippen LogP contribution in [0.15, 0.2) is 41.3 Å². The van der Waals surface area contributed by atoms with Gasteiger partial charge in [0.15, 0.2) is 0 Å². The number of benzene rings is 1. The molecular weight excluding hydrogens is 550 g/mol. The Labute approximate surface area is 244 Å². The van der Waals surface area contributed by atoms with Crippen molar-refractivity contribution in [2.45, 2.75) is 25.4 Å². The van der Waals surface area contributed by atoms with Gasteiger partial charge < -0.3 is 31.9 Å². The summed E-state index contributed by atoms with van der Waals surface area (Å²) < 4.78 is 1.34. The number of amides is 4. The van der Waals surface area contributed by atoms with E-state index in [0.29, 0.717) is 74.8 Å². The van der Waals surface area contributed by atoms with E-state index in [1.165, 1.54) is 16.8 Å². The van der Waals surface area contributed by atoms with Gasteiger partial charge in [0.05, 0.1) is 11.2 Å². The van der Waals surface area contributed by atoms with E-state index in [4.69, 9.17) is 17.2 Å². The fourth-order valence-electron chi connectivity index (χ4n) is 5.74. The Hall–Kier alpha value is -3.52. The van der Waals surface area contributed by atoms with Crippen LogP contribution in [-0.2, 0) is 9.59 Å². The molecule has 3 unspecified atom stereocenters. The minimum Gasteiger partial charge on any atom is -0.340 e. The van der Waals surface area contributed by atoms with Crippen LogP contribution in [0.1, 0.15) is 25.5 Å². The van der Waals surface area contributed by atoms with Crippen LogP contribution < -0.4 is 28.2 Å². The second-order valence-electron chi connectivity index (χ2n) is 11.4. The van der Waals surface area contributed by atoms with Gasteiger partial charge in [-0.1, -0.05) is 12.1 Å². The topological polar surface area (TPSA) is 186 Å². The molecule has 13 nitrogen and oxygen atoms in total. The Bertz CT molecular complexity index is 1340. The monoisotopic (exact) mass is 587 g/mol. The summed E-state index contributed by atoms with van der Waals surface area (Å²) in [6, 6.07) is 7.23. The van der Waals surface area contributed by atoms with Gasteiger partial charge in [-0.3, -0.25) is 19.5 Å². The smallest absolute Gasteiger partial charge is 0.340 e. The fourth-order valence-corrected chi connectivity index (χ4v) is 5.74. The highest BCUT2D eigenvalue weighted by Crippen LogP contribution is 2.51. The molecular formula is C27H38ClN9O4. The number of halogens is 1. The highest BCUT2D eigenvalue weighted by atomic mass is 35.5. The van der Waals surface area contributed by atoms with Crippen molar-refractivity contribution in [3.8, 4) is 5.69 Å². The lowest BCUT2D eigenvalue weighted by atomic mass is 10.1. The second kappa shape index (κ2) is 11.8. The van der Waals surface area contributed by atoms with E-state index in [-0.39, 0.29) is 30.0 Å². The Morgan fingerprint density at radius 1 is 1.00 bits per heavy atom. The third-order valence-corrected chi connectivity index (χ3v) is 8.20. The predicted molar refractivity (Wildman–Crippen MR) is 156 cm³/mol. The SMILES string of the molecule is CC(C)(N)C(=O)N1CCN(C(=O)Nc2ccn(-c3ccc(C(N)C(=O)N4CC5C(CN)C5C4)cc3)c(=O)n2)CC1.Cl. The average molecular weight is 588 g/mol. The van der Waals surface area contributed by atoms with Crippen LogP contribution in [0.5, 0.6) is 0 Å². The van der Waals surface area contributed by atoms with Crippen molar-refractivity contribution in [2.24, 2.45) is 35.0 Å². The number of hydrogen-bond acceptors (Lipinski definition) is 8. The van der Waals surface area contributed by atoms with Crippen LogP contribution in [0, 0.1) is 17.8 Å². The van der Waals surface area contributed by atoms with Gasteiger partial charge in [0.2, 0.25) is 11.8 Å². The number of urea groups is 1. The van der Waals surface area contributed by atoms with Gasteiger partial charge in [-0.15, -0.1) is 12.4 Å². The predicted octanol–water partition coefficient (Wildman–Crippen LogP) is -0.269. The largest absolute Gasteiger partial charge is 0.354 e. The number of likely N-dealkylation sites (tertiary alicyclic amines) is 1. The van der Waals surface area contributed by atoms with Gasteiger partial charge in [0, 0.05) is 45.5 Å². The van der Waals surface area contributed by atoms with E-state index in [0.717, 1.165) is 0 Å². The number of piperazine rings is 1. The van der Waals surface area contributed by atoms with E-state index in [2.05, 4.69) is 10.3 Å². The number of rotatable bonds is 6. The van der Waals surface area contributed by atoms with Crippen molar-refractivity contribution in [2.75, 3.05) is 51.1 Å². The molecule has 222 valence electrons. The van der Waals surface area contributed by atoms with Crippen LogP contribution in [0.4, 0.5) is 10.6 Å². The molecule has 5 rings (SSSR count). The summed E-state index contributed by atoms with van der Waals surface area (Å²) in [6.07, 6.45) is 1.52. The molecule has 1 aromatic heterocycles. The van der Waals surface area contributed by atoms with Crippen LogP contribution in [0.3, 0.4) is 0 Å². The van der Waals surface area contributed by atoms with E-state index < -0.39 is 23.3 Å². The van der Waals surface area contributed by atoms with Crippen molar-refractivity contribution in [3.63, 3.8) is 0 Å². The van der Waals surface area contributed by atoms with Crippen LogP contribution >= 0.6 is 12.4 Å². The van der Waals surface area contributed by atoms with E-state index in [1.807, 2.05) is 4.90 Å². The number of carbonyl (C=O) groups excluding carboxylic acids is 3. The van der Waals surface area contributed by atoms with Gasteiger partial charge in [-0.05, 0) is 61.9 Å². The fraction of sp³-hybridized carbons (Fsp3) is 0.519. The van der Waals surface area contributed by atoms with Crippen LogP contribution in [0.2, 0.25) is 0 Å². The third kappa shape index (κ3) is 6.22. The summed E-state index contributed by atoms with van der Waals surface area (Å²) in [5.74, 6) is 1.39. The normalized spacial score (nSPS) is 22.5. The van der Waals surface area contributed by atoms with Gasteiger partial charge >= 0.3 is 11.7 Å². The summed E-state index contributed by atoms with van der Waals surface area (Å²) in [5.41, 5.74) is 17.6. The maximum absolute atomic E-state index is 12.9. The van der Waals surface area contributed by atoms with E-state index >= 15 is 0 Å². The van der Waals surface area contributed by atoms with Gasteiger partial charge in [0.1, 0.15) is 11.9 Å². The van der Waals surface area contributed by atoms with Gasteiger partial charge in [-0.25, -0.2) is 9.59 Å². The number of nitrogens with two attached hydrogens (primary N) is 3. The Morgan fingerprint density at radius 2 is 1.59 bits per heavy atom. The van der Waals surface area contributed by atoms with Crippen molar-refractivity contribution < 1.29 is 14.4 Å². The Kier molecular flexibility index (Phi) is 8.73. The molecule has 3 heterocycles. The first-order chi connectivity index (χ1) is 19.0. The molecule has 2 saturated heterocycles. The quantitative estimate of drug-likeness (QED) is 0.355. The highest BCUT2D eigenvalue weighted by molar-refractivity contribution is 5.89. The Balaban J connectivity index is 0.00000387. The first kappa shape index (κ1) is 30.4. The molecule has 41 heavy (non-hydrogen) atoms. The van der Waals surface area contributed by atoms with Crippen LogP contribution in [0.25, 0.3) is 5.69 Å². The molecule has 0 radical (unpaired) electrons. The summed E-state index contributed by atoms with van der Waals surface area (Å²) >= 11 is 0. The summed E-state index contributed by atoms with van der Waals surface area (Å²) in [6.45, 7) is 6.84. The van der Waals surface area contributed by atoms with Crippen molar-refractivity contribution in [1.29, 1.82) is 0 Å². The molecule has 0 bridgehead atoms. The molecule has 1 aromatic carbocycles. The zero-order valence-electron chi connectivity index (χ0n) is 23.2. The number of anilines is 1. The summed E-state index contributed by atoms with van der Waals surface area (Å²) in [5, 5.41) is 2.65. The number of fused-ring (bicyclic) bond motifs is 1. The molecule has 3 aliphatic rings. The molecule has 14 heteroatoms. The van der Waals surface area contributed by atoms with Gasteiger partial charge in [0.25, 0.3) is 0 Å². The lowest BCUT2D eigenvalue weighted by Crippen LogP contribution is -2.58. The van der Waals surface area contributed by atoms with Gasteiger partial charge in [-0.2, -0.15) is 4.98 Å². The highest BCUT2D eigenvalue weighted by Gasteiger charge is 2.55. The van der Waals surface area contributed by atoms with E-state index in [9.17, 15) is 19.2 Å². The molecule has 7 N–H and O–H groups in total. The maximum Gasteiger partial charge on any atom is 0.354 e. The van der Waals surface area contributed by atoms with Crippen LogP contribution in [-0.4, -0.2) is 93.4 Å². The standard InChI is InChI=1S/C27H37N9O4.ClH/c1-27(2,30)24(38)33-9-11-34(12-10-33)25(39)31-21-7-8-36(26(40)32-21)17-5-3-16(4-6-17)22(29)23(37)35-14-19-18(13-28)20(19)15-35;/h3-8,18-20,22H,9-15,28-30H2,1-2H3,(H,31,32,39,40);1H. The zero-order valence-corrected chi connectivity index (χ0v) is 24.0. The lowest BCUT2D eigenvalue weighted by molar-refractivity contribution is -0.137. The lowest BCUT2D eigenvalue weighted by Gasteiger charge is -2.37. The second-order valence-corrected chi connectivity index (χ2v) is 11.4. The summed E-state index contributed by atoms with van der Waals surface area (Å²) in [7, 11) is 0. The molecule has 3 fully saturated rings. The molecule has 2 aliphatic heterocycles. The number of carbonyl (C=O) groups is 3. The van der Waals surface area contributed by atoms with Crippen molar-refractivity contribution >= 4 is 36.1 Å². The first-order valence-electron chi connectivity index (χ1n) is 13.6. The molecule has 2 aromatic rings. The van der Waals surface area contributed by atoms with Crippen molar-refractivity contribution in [3.05, 3.63) is 52.6 Å².